The third-order valence-electron chi connectivity index (χ3n) is 5.35. The molecule has 0 aliphatic carbocycles. The van der Waals surface area contributed by atoms with E-state index in [1.54, 1.807) is 11.8 Å². The summed E-state index contributed by atoms with van der Waals surface area (Å²) in [5, 5.41) is 2.90. The van der Waals surface area contributed by atoms with E-state index in [4.69, 9.17) is 4.74 Å². The highest BCUT2D eigenvalue weighted by Crippen LogP contribution is 2.28. The van der Waals surface area contributed by atoms with Gasteiger partial charge in [-0.3, -0.25) is 10.1 Å². The topological polar surface area (TPSA) is 61.9 Å². The van der Waals surface area contributed by atoms with Gasteiger partial charge in [0.15, 0.2) is 0 Å². The van der Waals surface area contributed by atoms with E-state index in [0.717, 1.165) is 55.8 Å². The summed E-state index contributed by atoms with van der Waals surface area (Å²) < 4.78 is 5.66. The van der Waals surface area contributed by atoms with Gasteiger partial charge in [-0.2, -0.15) is 0 Å². The van der Waals surface area contributed by atoms with Crippen molar-refractivity contribution in [3.05, 3.63) is 54.6 Å². The number of amides is 2. The maximum atomic E-state index is 12.4. The zero-order valence-electron chi connectivity index (χ0n) is 17.1. The number of carbonyl (C=O) groups is 2. The molecule has 1 aliphatic rings. The van der Waals surface area contributed by atoms with Gasteiger partial charge in [0, 0.05) is 45.7 Å². The predicted molar refractivity (Wildman–Crippen MR) is 115 cm³/mol. The molecular formula is C23H29N3O3. The standard InChI is InChI=1S/C23H29N3O3/c1-18(27)25(2)16-17-26-14-12-20(13-15-26)29-23(28)24-22-11-7-6-10-21(22)19-8-4-3-5-9-19/h3-11,20H,12-17H2,1-2H3,(H,24,28). The minimum atomic E-state index is -0.414. The summed E-state index contributed by atoms with van der Waals surface area (Å²) in [7, 11) is 1.82. The summed E-state index contributed by atoms with van der Waals surface area (Å²) in [6.07, 6.45) is 1.11. The number of rotatable bonds is 6. The fourth-order valence-electron chi connectivity index (χ4n) is 3.45. The molecule has 1 aliphatic heterocycles. The van der Waals surface area contributed by atoms with Crippen LogP contribution >= 0.6 is 0 Å². The molecule has 0 radical (unpaired) electrons. The SMILES string of the molecule is CC(=O)N(C)CCN1CCC(OC(=O)Nc2ccccc2-c2ccccc2)CC1. The average Bonchev–Trinajstić information content (AvgIpc) is 2.74. The number of benzene rings is 2. The Bertz CT molecular complexity index is 817. The second kappa shape index (κ2) is 10.1. The molecule has 0 spiro atoms. The number of nitrogens with zero attached hydrogens (tertiary/aromatic N) is 2. The molecule has 29 heavy (non-hydrogen) atoms. The Hall–Kier alpha value is -2.86. The molecule has 1 saturated heterocycles. The Morgan fingerprint density at radius 1 is 1.07 bits per heavy atom. The van der Waals surface area contributed by atoms with Crippen LogP contribution in [0.1, 0.15) is 19.8 Å². The van der Waals surface area contributed by atoms with E-state index in [0.29, 0.717) is 0 Å². The number of anilines is 1. The van der Waals surface area contributed by atoms with Gasteiger partial charge in [0.2, 0.25) is 5.91 Å². The van der Waals surface area contributed by atoms with Crippen molar-refractivity contribution in [3.8, 4) is 11.1 Å². The summed E-state index contributed by atoms with van der Waals surface area (Å²) in [4.78, 5) is 27.8. The van der Waals surface area contributed by atoms with Gasteiger partial charge in [-0.15, -0.1) is 0 Å². The first-order chi connectivity index (χ1) is 14.0. The molecule has 2 amide bonds. The largest absolute Gasteiger partial charge is 0.446 e. The first kappa shape index (κ1) is 20.9. The van der Waals surface area contributed by atoms with E-state index in [2.05, 4.69) is 10.2 Å². The zero-order valence-corrected chi connectivity index (χ0v) is 17.1. The van der Waals surface area contributed by atoms with Crippen LogP contribution in [-0.2, 0) is 9.53 Å². The maximum Gasteiger partial charge on any atom is 0.411 e. The lowest BCUT2D eigenvalue weighted by Gasteiger charge is -2.32. The van der Waals surface area contributed by atoms with Gasteiger partial charge in [0.25, 0.3) is 0 Å². The van der Waals surface area contributed by atoms with Crippen molar-refractivity contribution < 1.29 is 14.3 Å². The molecule has 0 saturated carbocycles. The molecule has 6 heteroatoms. The van der Waals surface area contributed by atoms with Crippen LogP contribution in [0.25, 0.3) is 11.1 Å². The van der Waals surface area contributed by atoms with Gasteiger partial charge in [0.05, 0.1) is 5.69 Å². The number of hydrogen-bond donors (Lipinski definition) is 1. The predicted octanol–water partition coefficient (Wildman–Crippen LogP) is 3.84. The third kappa shape index (κ3) is 6.06. The van der Waals surface area contributed by atoms with E-state index in [1.165, 1.54) is 0 Å². The number of nitrogens with one attached hydrogen (secondary N) is 1. The van der Waals surface area contributed by atoms with Crippen LogP contribution in [0.4, 0.5) is 10.5 Å². The molecule has 2 aromatic rings. The average molecular weight is 396 g/mol. The number of hydrogen-bond acceptors (Lipinski definition) is 4. The van der Waals surface area contributed by atoms with Crippen LogP contribution in [0.3, 0.4) is 0 Å². The lowest BCUT2D eigenvalue weighted by Crippen LogP contribution is -2.42. The van der Waals surface area contributed by atoms with Crippen molar-refractivity contribution in [2.45, 2.75) is 25.9 Å². The van der Waals surface area contributed by atoms with Crippen molar-refractivity contribution in [2.24, 2.45) is 0 Å². The summed E-state index contributed by atoms with van der Waals surface area (Å²) >= 11 is 0. The quantitative estimate of drug-likeness (QED) is 0.807. The molecule has 1 N–H and O–H groups in total. The van der Waals surface area contributed by atoms with Crippen LogP contribution in [0.5, 0.6) is 0 Å². The number of carbonyl (C=O) groups excluding carboxylic acids is 2. The minimum absolute atomic E-state index is 0.0793. The summed E-state index contributed by atoms with van der Waals surface area (Å²) in [5.41, 5.74) is 2.76. The molecule has 0 aromatic heterocycles. The minimum Gasteiger partial charge on any atom is -0.446 e. The summed E-state index contributed by atoms with van der Waals surface area (Å²) in [6.45, 7) is 4.88. The first-order valence-electron chi connectivity index (χ1n) is 10.1. The fourth-order valence-corrected chi connectivity index (χ4v) is 3.45. The third-order valence-corrected chi connectivity index (χ3v) is 5.35. The van der Waals surface area contributed by atoms with E-state index < -0.39 is 6.09 Å². The van der Waals surface area contributed by atoms with Crippen molar-refractivity contribution >= 4 is 17.7 Å². The van der Waals surface area contributed by atoms with Crippen molar-refractivity contribution in [3.63, 3.8) is 0 Å². The molecule has 0 bridgehead atoms. The fraction of sp³-hybridized carbons (Fsp3) is 0.391. The highest BCUT2D eigenvalue weighted by Gasteiger charge is 2.23. The van der Waals surface area contributed by atoms with E-state index in [9.17, 15) is 9.59 Å². The Morgan fingerprint density at radius 2 is 1.72 bits per heavy atom. The molecule has 6 nitrogen and oxygen atoms in total. The lowest BCUT2D eigenvalue weighted by atomic mass is 10.0. The lowest BCUT2D eigenvalue weighted by molar-refractivity contribution is -0.127. The Labute approximate surface area is 172 Å². The zero-order chi connectivity index (χ0) is 20.6. The first-order valence-corrected chi connectivity index (χ1v) is 10.1. The van der Waals surface area contributed by atoms with Gasteiger partial charge in [-0.25, -0.2) is 4.79 Å². The van der Waals surface area contributed by atoms with Crippen LogP contribution in [0.15, 0.2) is 54.6 Å². The van der Waals surface area contributed by atoms with Gasteiger partial charge in [0.1, 0.15) is 6.10 Å². The van der Waals surface area contributed by atoms with Crippen LogP contribution in [0.2, 0.25) is 0 Å². The number of ether oxygens (including phenoxy) is 1. The van der Waals surface area contributed by atoms with Crippen LogP contribution in [0, 0.1) is 0 Å². The van der Waals surface area contributed by atoms with E-state index in [-0.39, 0.29) is 12.0 Å². The van der Waals surface area contributed by atoms with Crippen molar-refractivity contribution in [1.29, 1.82) is 0 Å². The van der Waals surface area contributed by atoms with Gasteiger partial charge in [-0.1, -0.05) is 48.5 Å². The molecule has 0 atom stereocenters. The van der Waals surface area contributed by atoms with Crippen molar-refractivity contribution in [1.82, 2.24) is 9.80 Å². The van der Waals surface area contributed by atoms with Crippen molar-refractivity contribution in [2.75, 3.05) is 38.5 Å². The van der Waals surface area contributed by atoms with E-state index in [1.807, 2.05) is 61.6 Å². The monoisotopic (exact) mass is 395 g/mol. The van der Waals surface area contributed by atoms with Gasteiger partial charge < -0.3 is 14.5 Å². The highest BCUT2D eigenvalue weighted by atomic mass is 16.6. The summed E-state index contributed by atoms with van der Waals surface area (Å²) in [5.74, 6) is 0.0793. The Morgan fingerprint density at radius 3 is 2.41 bits per heavy atom. The van der Waals surface area contributed by atoms with Gasteiger partial charge in [-0.05, 0) is 24.5 Å². The Kier molecular flexibility index (Phi) is 7.25. The smallest absolute Gasteiger partial charge is 0.411 e. The second-order valence-corrected chi connectivity index (χ2v) is 7.42. The van der Waals surface area contributed by atoms with Crippen LogP contribution in [-0.4, -0.2) is 61.1 Å². The molecular weight excluding hydrogens is 366 g/mol. The number of piperidine rings is 1. The molecule has 1 fully saturated rings. The molecule has 3 rings (SSSR count). The summed E-state index contributed by atoms with van der Waals surface area (Å²) in [6, 6.07) is 17.7. The van der Waals surface area contributed by atoms with Crippen LogP contribution < -0.4 is 5.32 Å². The van der Waals surface area contributed by atoms with Gasteiger partial charge >= 0.3 is 6.09 Å². The number of para-hydroxylation sites is 1. The number of likely N-dealkylation sites (N-methyl/N-ethyl adjacent to an activating group) is 1. The molecule has 2 aromatic carbocycles. The number of likely N-dealkylation sites (tertiary alicyclic amines) is 1. The van der Waals surface area contributed by atoms with E-state index >= 15 is 0 Å². The maximum absolute atomic E-state index is 12.4. The second-order valence-electron chi connectivity index (χ2n) is 7.42. The molecule has 0 unspecified atom stereocenters. The Balaban J connectivity index is 1.49. The molecule has 154 valence electrons. The highest BCUT2D eigenvalue weighted by molar-refractivity contribution is 5.91. The molecule has 1 heterocycles. The normalized spacial score (nSPS) is 15.0.